The van der Waals surface area contributed by atoms with Crippen LogP contribution in [-0.4, -0.2) is 72.9 Å². The van der Waals surface area contributed by atoms with Crippen molar-refractivity contribution < 1.29 is 22.1 Å². The van der Waals surface area contributed by atoms with Crippen molar-refractivity contribution in [1.82, 2.24) is 19.3 Å². The smallest absolute Gasteiger partial charge is 0.316 e. The molecule has 0 aliphatic carbocycles. The Bertz CT molecular complexity index is 1240. The molecule has 33 heavy (non-hydrogen) atoms. The first-order valence-corrected chi connectivity index (χ1v) is 13.0. The molecule has 3 aromatic rings. The topological polar surface area (TPSA) is 99.8 Å². The number of halogens is 1. The lowest BCUT2D eigenvalue weighted by Gasteiger charge is -2.35. The molecule has 9 nitrogen and oxygen atoms in total. The van der Waals surface area contributed by atoms with Crippen LogP contribution in [0.2, 0.25) is 0 Å². The monoisotopic (exact) mass is 491 g/mol. The Morgan fingerprint density at radius 1 is 1.03 bits per heavy atom. The van der Waals surface area contributed by atoms with Gasteiger partial charge in [-0.1, -0.05) is 5.16 Å². The number of likely N-dealkylation sites (tertiary alicyclic amines) is 1. The van der Waals surface area contributed by atoms with E-state index in [2.05, 4.69) is 10.1 Å². The fraction of sp³-hybridized carbons (Fsp3) is 0.381. The van der Waals surface area contributed by atoms with Crippen LogP contribution >= 0.6 is 11.3 Å². The molecule has 0 saturated carbocycles. The van der Waals surface area contributed by atoms with Crippen LogP contribution in [0.4, 0.5) is 10.1 Å². The van der Waals surface area contributed by atoms with E-state index >= 15 is 0 Å². The Hall–Kier alpha value is -2.83. The lowest BCUT2D eigenvalue weighted by Crippen LogP contribution is -2.48. The highest BCUT2D eigenvalue weighted by atomic mass is 32.2. The predicted molar refractivity (Wildman–Crippen MR) is 120 cm³/mol. The molecular formula is C21H22FN5O4S2. The van der Waals surface area contributed by atoms with Crippen molar-refractivity contribution in [2.24, 2.45) is 0 Å². The summed E-state index contributed by atoms with van der Waals surface area (Å²) in [7, 11) is -3.68. The van der Waals surface area contributed by atoms with Gasteiger partial charge in [0.2, 0.25) is 5.82 Å². The Labute approximate surface area is 194 Å². The minimum Gasteiger partial charge on any atom is -0.369 e. The van der Waals surface area contributed by atoms with E-state index in [1.807, 2.05) is 4.90 Å². The molecule has 0 unspecified atom stereocenters. The number of hydrogen-bond donors (Lipinski definition) is 0. The zero-order chi connectivity index (χ0) is 23.0. The molecule has 174 valence electrons. The molecule has 5 rings (SSSR count). The molecule has 4 heterocycles. The standard InChI is InChI=1S/C21H22FN5O4S2/c22-16-3-5-17(6-4-16)25-9-11-27(12-10-25)33(29,30)18-13-15(14-32-18)19-23-20(31-24-19)21(28)26-7-1-2-8-26/h3-6,13-14H,1-2,7-12H2. The number of aromatic nitrogens is 2. The third-order valence-electron chi connectivity index (χ3n) is 5.86. The molecule has 2 aliphatic heterocycles. The summed E-state index contributed by atoms with van der Waals surface area (Å²) >= 11 is 1.08. The number of sulfonamides is 1. The number of benzene rings is 1. The maximum atomic E-state index is 13.2. The fourth-order valence-corrected chi connectivity index (χ4v) is 6.75. The summed E-state index contributed by atoms with van der Waals surface area (Å²) < 4.78 is 46.2. The molecule has 0 radical (unpaired) electrons. The van der Waals surface area contributed by atoms with Gasteiger partial charge in [0, 0.05) is 55.9 Å². The van der Waals surface area contributed by atoms with E-state index in [9.17, 15) is 17.6 Å². The molecule has 1 amide bonds. The Morgan fingerprint density at radius 2 is 1.73 bits per heavy atom. The maximum absolute atomic E-state index is 13.2. The average molecular weight is 492 g/mol. The zero-order valence-corrected chi connectivity index (χ0v) is 19.3. The van der Waals surface area contributed by atoms with Crippen molar-refractivity contribution in [3.05, 3.63) is 47.4 Å². The zero-order valence-electron chi connectivity index (χ0n) is 17.7. The van der Waals surface area contributed by atoms with Crippen molar-refractivity contribution in [3.63, 3.8) is 0 Å². The molecule has 2 fully saturated rings. The lowest BCUT2D eigenvalue weighted by molar-refractivity contribution is 0.0743. The summed E-state index contributed by atoms with van der Waals surface area (Å²) in [5, 5.41) is 5.52. The number of thiophene rings is 1. The Balaban J connectivity index is 1.26. The van der Waals surface area contributed by atoms with E-state index in [0.29, 0.717) is 44.8 Å². The van der Waals surface area contributed by atoms with Crippen LogP contribution in [-0.2, 0) is 10.0 Å². The minimum absolute atomic E-state index is 0.0839. The number of amides is 1. The van der Waals surface area contributed by atoms with Crippen LogP contribution in [0.5, 0.6) is 0 Å². The van der Waals surface area contributed by atoms with Crippen LogP contribution in [0.3, 0.4) is 0 Å². The summed E-state index contributed by atoms with van der Waals surface area (Å²) in [6.07, 6.45) is 1.91. The highest BCUT2D eigenvalue weighted by Gasteiger charge is 2.31. The van der Waals surface area contributed by atoms with E-state index in [-0.39, 0.29) is 27.6 Å². The second kappa shape index (κ2) is 8.84. The van der Waals surface area contributed by atoms with Gasteiger partial charge in [-0.15, -0.1) is 11.3 Å². The lowest BCUT2D eigenvalue weighted by atomic mass is 10.2. The van der Waals surface area contributed by atoms with Gasteiger partial charge >= 0.3 is 11.8 Å². The van der Waals surface area contributed by atoms with Gasteiger partial charge in [0.25, 0.3) is 10.0 Å². The van der Waals surface area contributed by atoms with Crippen LogP contribution in [0.25, 0.3) is 11.4 Å². The van der Waals surface area contributed by atoms with Crippen LogP contribution in [0.1, 0.15) is 23.5 Å². The summed E-state index contributed by atoms with van der Waals surface area (Å²) in [5.74, 6) is -0.494. The van der Waals surface area contributed by atoms with E-state index in [0.717, 1.165) is 29.9 Å². The largest absolute Gasteiger partial charge is 0.369 e. The number of carbonyl (C=O) groups is 1. The number of carbonyl (C=O) groups excluding carboxylic acids is 1. The van der Waals surface area contributed by atoms with Crippen LogP contribution in [0.15, 0.2) is 44.4 Å². The highest BCUT2D eigenvalue weighted by Crippen LogP contribution is 2.30. The van der Waals surface area contributed by atoms with Gasteiger partial charge in [0.1, 0.15) is 10.0 Å². The van der Waals surface area contributed by atoms with Gasteiger partial charge in [-0.05, 0) is 43.2 Å². The van der Waals surface area contributed by atoms with E-state index in [1.54, 1.807) is 22.4 Å². The third kappa shape index (κ3) is 4.37. The maximum Gasteiger partial charge on any atom is 0.316 e. The van der Waals surface area contributed by atoms with Gasteiger partial charge < -0.3 is 14.3 Å². The van der Waals surface area contributed by atoms with Crippen molar-refractivity contribution >= 4 is 33.0 Å². The molecule has 12 heteroatoms. The highest BCUT2D eigenvalue weighted by molar-refractivity contribution is 7.91. The molecule has 0 spiro atoms. The Morgan fingerprint density at radius 3 is 2.42 bits per heavy atom. The first-order valence-electron chi connectivity index (χ1n) is 10.6. The van der Waals surface area contributed by atoms with Gasteiger partial charge in [0.15, 0.2) is 0 Å². The first-order chi connectivity index (χ1) is 15.9. The van der Waals surface area contributed by atoms with Gasteiger partial charge in [-0.3, -0.25) is 4.79 Å². The number of anilines is 1. The molecular weight excluding hydrogens is 469 g/mol. The molecule has 0 bridgehead atoms. The molecule has 2 aromatic heterocycles. The van der Waals surface area contributed by atoms with E-state index < -0.39 is 10.0 Å². The molecule has 1 aromatic carbocycles. The third-order valence-corrected chi connectivity index (χ3v) is 9.17. The van der Waals surface area contributed by atoms with Crippen molar-refractivity contribution in [2.45, 2.75) is 17.1 Å². The second-order valence-corrected chi connectivity index (χ2v) is 11.0. The van der Waals surface area contributed by atoms with Gasteiger partial charge in [-0.25, -0.2) is 12.8 Å². The second-order valence-electron chi connectivity index (χ2n) is 7.94. The molecule has 0 atom stereocenters. The van der Waals surface area contributed by atoms with E-state index in [1.165, 1.54) is 22.5 Å². The Kier molecular flexibility index (Phi) is 5.89. The SMILES string of the molecule is O=C(c1nc(-c2csc(S(=O)(=O)N3CCN(c4ccc(F)cc4)CC3)c2)no1)N1CCCC1. The van der Waals surface area contributed by atoms with Gasteiger partial charge in [-0.2, -0.15) is 9.29 Å². The predicted octanol–water partition coefficient (Wildman–Crippen LogP) is 2.68. The van der Waals surface area contributed by atoms with Crippen molar-refractivity contribution in [1.29, 1.82) is 0 Å². The normalized spacial score (nSPS) is 17.6. The van der Waals surface area contributed by atoms with Crippen LogP contribution < -0.4 is 4.90 Å². The quantitative estimate of drug-likeness (QED) is 0.541. The van der Waals surface area contributed by atoms with Gasteiger partial charge in [0.05, 0.1) is 0 Å². The number of rotatable bonds is 5. The summed E-state index contributed by atoms with van der Waals surface area (Å²) in [4.78, 5) is 20.3. The molecule has 2 saturated heterocycles. The van der Waals surface area contributed by atoms with Crippen LogP contribution in [0, 0.1) is 5.82 Å². The first kappa shape index (κ1) is 22.0. The number of nitrogens with zero attached hydrogens (tertiary/aromatic N) is 5. The minimum atomic E-state index is -3.68. The average Bonchev–Trinajstić information content (AvgIpc) is 3.61. The van der Waals surface area contributed by atoms with Crippen molar-refractivity contribution in [2.75, 3.05) is 44.2 Å². The summed E-state index contributed by atoms with van der Waals surface area (Å²) in [6, 6.07) is 7.69. The number of hydrogen-bond acceptors (Lipinski definition) is 8. The fourth-order valence-electron chi connectivity index (χ4n) is 4.02. The molecule has 0 N–H and O–H groups in total. The summed E-state index contributed by atoms with van der Waals surface area (Å²) in [5.41, 5.74) is 1.36. The van der Waals surface area contributed by atoms with Crippen molar-refractivity contribution in [3.8, 4) is 11.4 Å². The number of piperazine rings is 1. The van der Waals surface area contributed by atoms with E-state index in [4.69, 9.17) is 4.52 Å². The molecule has 2 aliphatic rings. The summed E-state index contributed by atoms with van der Waals surface area (Å²) in [6.45, 7) is 3.01.